The molecule has 1 amide bonds. The number of rotatable bonds is 9. The van der Waals surface area contributed by atoms with Gasteiger partial charge in [0.15, 0.2) is 4.34 Å². The molecule has 0 bridgehead atoms. The zero-order valence-corrected chi connectivity index (χ0v) is 13.4. The number of hydrogen-bond acceptors (Lipinski definition) is 7. The number of hydrogen-bond donors (Lipinski definition) is 2. The Kier molecular flexibility index (Phi) is 6.06. The molecule has 1 aliphatic rings. The maximum Gasteiger partial charge on any atom is 0.233 e. The molecule has 0 radical (unpaired) electrons. The van der Waals surface area contributed by atoms with E-state index in [4.69, 9.17) is 4.74 Å². The molecule has 2 N–H and O–H groups in total. The third-order valence-electron chi connectivity index (χ3n) is 2.78. The first-order valence-corrected chi connectivity index (χ1v) is 8.42. The van der Waals surface area contributed by atoms with Gasteiger partial charge in [-0.2, -0.15) is 0 Å². The third kappa shape index (κ3) is 5.26. The summed E-state index contributed by atoms with van der Waals surface area (Å²) in [5, 5.41) is 15.1. The van der Waals surface area contributed by atoms with Gasteiger partial charge in [-0.05, 0) is 26.2 Å². The van der Waals surface area contributed by atoms with E-state index in [2.05, 4.69) is 20.8 Å². The summed E-state index contributed by atoms with van der Waals surface area (Å²) in [4.78, 5) is 11.9. The minimum atomic E-state index is -0.167. The normalized spacial score (nSPS) is 15.9. The Labute approximate surface area is 127 Å². The van der Waals surface area contributed by atoms with Gasteiger partial charge in [0.2, 0.25) is 11.0 Å². The van der Waals surface area contributed by atoms with Gasteiger partial charge in [0.25, 0.3) is 0 Å². The first-order chi connectivity index (χ1) is 9.69. The number of nitrogens with zero attached hydrogens (tertiary/aromatic N) is 2. The molecule has 112 valence electrons. The monoisotopic (exact) mass is 316 g/mol. The van der Waals surface area contributed by atoms with E-state index in [1.54, 1.807) is 7.11 Å². The van der Waals surface area contributed by atoms with Crippen molar-refractivity contribution in [1.82, 2.24) is 15.5 Å². The van der Waals surface area contributed by atoms with Crippen LogP contribution in [0.1, 0.15) is 26.2 Å². The van der Waals surface area contributed by atoms with Crippen molar-refractivity contribution in [3.05, 3.63) is 0 Å². The van der Waals surface area contributed by atoms with Crippen molar-refractivity contribution in [2.45, 2.75) is 41.8 Å². The summed E-state index contributed by atoms with van der Waals surface area (Å²) in [6.45, 7) is 3.18. The van der Waals surface area contributed by atoms with Crippen molar-refractivity contribution in [3.63, 3.8) is 0 Å². The van der Waals surface area contributed by atoms with Crippen LogP contribution in [0.15, 0.2) is 4.34 Å². The van der Waals surface area contributed by atoms with Crippen molar-refractivity contribution >= 4 is 34.1 Å². The number of carbonyl (C=O) groups is 1. The van der Waals surface area contributed by atoms with Crippen LogP contribution in [0.3, 0.4) is 0 Å². The minimum Gasteiger partial charge on any atom is -0.385 e. The molecule has 0 spiro atoms. The Morgan fingerprint density at radius 1 is 1.55 bits per heavy atom. The number of anilines is 1. The lowest BCUT2D eigenvalue weighted by Gasteiger charge is -2.09. The molecule has 1 aromatic heterocycles. The fourth-order valence-electron chi connectivity index (χ4n) is 1.49. The van der Waals surface area contributed by atoms with Gasteiger partial charge in [0.1, 0.15) is 0 Å². The highest BCUT2D eigenvalue weighted by molar-refractivity contribution is 8.02. The van der Waals surface area contributed by atoms with E-state index in [0.717, 1.165) is 15.9 Å². The highest BCUT2D eigenvalue weighted by atomic mass is 32.2. The van der Waals surface area contributed by atoms with E-state index >= 15 is 0 Å². The highest BCUT2D eigenvalue weighted by Gasteiger charge is 2.23. The molecule has 1 aromatic rings. The van der Waals surface area contributed by atoms with Gasteiger partial charge in [-0.3, -0.25) is 4.79 Å². The first-order valence-electron chi connectivity index (χ1n) is 6.72. The van der Waals surface area contributed by atoms with Gasteiger partial charge in [-0.25, -0.2) is 0 Å². The molecule has 8 heteroatoms. The molecule has 0 aromatic carbocycles. The van der Waals surface area contributed by atoms with Crippen LogP contribution < -0.4 is 10.6 Å². The molecule has 0 aliphatic heterocycles. The molecule has 1 unspecified atom stereocenters. The topological polar surface area (TPSA) is 76.1 Å². The van der Waals surface area contributed by atoms with Crippen LogP contribution in [-0.2, 0) is 9.53 Å². The predicted molar refractivity (Wildman–Crippen MR) is 81.4 cm³/mol. The number of ether oxygens (including phenoxy) is 1. The summed E-state index contributed by atoms with van der Waals surface area (Å²) in [5.74, 6) is 0.0259. The molecule has 20 heavy (non-hydrogen) atoms. The van der Waals surface area contributed by atoms with Crippen LogP contribution >= 0.6 is 23.1 Å². The molecular formula is C12H20N4O2S2. The van der Waals surface area contributed by atoms with E-state index in [0.29, 0.717) is 19.2 Å². The lowest BCUT2D eigenvalue weighted by molar-refractivity contribution is -0.120. The van der Waals surface area contributed by atoms with E-state index in [1.807, 2.05) is 6.92 Å². The molecule has 1 saturated carbocycles. The number of amides is 1. The van der Waals surface area contributed by atoms with Crippen molar-refractivity contribution in [3.8, 4) is 0 Å². The molecule has 1 fully saturated rings. The van der Waals surface area contributed by atoms with Gasteiger partial charge < -0.3 is 15.4 Å². The van der Waals surface area contributed by atoms with Crippen molar-refractivity contribution in [2.24, 2.45) is 0 Å². The summed E-state index contributed by atoms with van der Waals surface area (Å²) in [6, 6.07) is 0.572. The molecule has 1 heterocycles. The van der Waals surface area contributed by atoms with Crippen LogP contribution in [0, 0.1) is 0 Å². The lowest BCUT2D eigenvalue weighted by atomic mass is 10.4. The largest absolute Gasteiger partial charge is 0.385 e. The number of aromatic nitrogens is 2. The summed E-state index contributed by atoms with van der Waals surface area (Å²) in [5.41, 5.74) is 0. The van der Waals surface area contributed by atoms with Gasteiger partial charge in [0.05, 0.1) is 5.25 Å². The van der Waals surface area contributed by atoms with E-state index < -0.39 is 0 Å². The Hall–Kier alpha value is -0.860. The highest BCUT2D eigenvalue weighted by Crippen LogP contribution is 2.31. The van der Waals surface area contributed by atoms with E-state index in [9.17, 15) is 4.79 Å². The molecule has 1 atom stereocenters. The molecule has 0 saturated heterocycles. The summed E-state index contributed by atoms with van der Waals surface area (Å²) >= 11 is 2.95. The quantitative estimate of drug-likeness (QED) is 0.534. The Morgan fingerprint density at radius 3 is 3.05 bits per heavy atom. The molecule has 6 nitrogen and oxygen atoms in total. The van der Waals surface area contributed by atoms with Crippen LogP contribution in [-0.4, -0.2) is 47.7 Å². The van der Waals surface area contributed by atoms with E-state index in [-0.39, 0.29) is 11.2 Å². The number of methoxy groups -OCH3 is 1. The van der Waals surface area contributed by atoms with Crippen molar-refractivity contribution < 1.29 is 9.53 Å². The van der Waals surface area contributed by atoms with Crippen LogP contribution in [0.5, 0.6) is 0 Å². The summed E-state index contributed by atoms with van der Waals surface area (Å²) in [7, 11) is 1.66. The fourth-order valence-corrected chi connectivity index (χ4v) is 3.49. The Bertz CT molecular complexity index is 437. The zero-order valence-electron chi connectivity index (χ0n) is 11.7. The zero-order chi connectivity index (χ0) is 14.4. The summed E-state index contributed by atoms with van der Waals surface area (Å²) in [6.07, 6.45) is 3.25. The third-order valence-corrected chi connectivity index (χ3v) is 4.82. The number of nitrogens with one attached hydrogen (secondary N) is 2. The average Bonchev–Trinajstić information content (AvgIpc) is 3.13. The molecular weight excluding hydrogens is 296 g/mol. The second kappa shape index (κ2) is 7.80. The Balaban J connectivity index is 1.70. The van der Waals surface area contributed by atoms with Gasteiger partial charge in [-0.15, -0.1) is 10.2 Å². The van der Waals surface area contributed by atoms with Crippen molar-refractivity contribution in [2.75, 3.05) is 25.6 Å². The molecule has 2 rings (SSSR count). The second-order valence-corrected chi connectivity index (χ2v) is 7.25. The Morgan fingerprint density at radius 2 is 2.35 bits per heavy atom. The fraction of sp³-hybridized carbons (Fsp3) is 0.750. The molecule has 1 aliphatic carbocycles. The van der Waals surface area contributed by atoms with Crippen LogP contribution in [0.2, 0.25) is 0 Å². The van der Waals surface area contributed by atoms with Gasteiger partial charge in [-0.1, -0.05) is 23.1 Å². The standard InChI is InChI=1S/C12H20N4O2S2/c1-8(10(17)13-6-3-7-18-2)19-12-16-15-11(20-12)14-9-4-5-9/h8-9H,3-7H2,1-2H3,(H,13,17)(H,14,15). The van der Waals surface area contributed by atoms with Crippen LogP contribution in [0.25, 0.3) is 0 Å². The van der Waals surface area contributed by atoms with Crippen molar-refractivity contribution in [1.29, 1.82) is 0 Å². The SMILES string of the molecule is COCCCNC(=O)C(C)Sc1nnc(NC2CC2)s1. The van der Waals surface area contributed by atoms with Gasteiger partial charge >= 0.3 is 0 Å². The maximum absolute atomic E-state index is 11.9. The number of carbonyl (C=O) groups excluding carboxylic acids is 1. The smallest absolute Gasteiger partial charge is 0.233 e. The second-order valence-electron chi connectivity index (χ2n) is 4.69. The summed E-state index contributed by atoms with van der Waals surface area (Å²) < 4.78 is 5.77. The maximum atomic E-state index is 11.9. The predicted octanol–water partition coefficient (Wildman–Crippen LogP) is 1.75. The average molecular weight is 316 g/mol. The number of thioether (sulfide) groups is 1. The first kappa shape index (κ1) is 15.5. The minimum absolute atomic E-state index is 0.0259. The van der Waals surface area contributed by atoms with Crippen LogP contribution in [0.4, 0.5) is 5.13 Å². The van der Waals surface area contributed by atoms with E-state index in [1.165, 1.54) is 35.9 Å². The van der Waals surface area contributed by atoms with Gasteiger partial charge in [0, 0.05) is 26.3 Å². The lowest BCUT2D eigenvalue weighted by Crippen LogP contribution is -2.32.